The molecule has 0 atom stereocenters. The first-order valence-electron chi connectivity index (χ1n) is 37.2. The Bertz CT molecular complexity index is 4930. The predicted octanol–water partition coefficient (Wildman–Crippen LogP) is 13.2. The van der Waals surface area contributed by atoms with E-state index in [2.05, 4.69) is 180 Å². The molecule has 0 aliphatic carbocycles. The normalized spacial score (nSPS) is 14.3. The van der Waals surface area contributed by atoms with E-state index in [1.54, 1.807) is 55.3 Å². The van der Waals surface area contributed by atoms with Gasteiger partial charge in [0.05, 0.1) is 89.9 Å². The van der Waals surface area contributed by atoms with Gasteiger partial charge in [-0.1, -0.05) is 84.0 Å². The standard InChI is InChI=1S/C29H34N6O2.C28H33N7O2.C27H28N6O4/c1-29(2,3)22-8-6-20(7-9-22)14-21-17-30-28(31-18-21)35-12-10-34(11-13-35)27-23-15-25(36-4)26(37-5)16-24(23)32-19-33-27;1-28(2,3)19-6-8-20(9-7-19)33-21-16-29-27(30-17-21)35-12-10-34(11-13-35)26-22-14-24(36-4)25(37-5)15-23(22)31-18-32-26;1-34-23-12-19-5-6-28-26(21(19)13-24(23)35-2)32-7-9-33(10-8-32)27-30-15-20(16-31-27)29-14-18-3-4-22-25(11-18)37-17-36-22/h6-9,15-19H,10-14H2,1-5H3;6-9,14-18,33H,10-13H2,1-5H3;3-6,11-13,15-16,29H,7-10,14,17H2,1-2H3. The summed E-state index contributed by atoms with van der Waals surface area (Å²) in [6.07, 6.45) is 17.1. The lowest BCUT2D eigenvalue weighted by molar-refractivity contribution is 0.174. The molecule has 4 aliphatic heterocycles. The van der Waals surface area contributed by atoms with Gasteiger partial charge in [0, 0.05) is 144 Å². The number of methoxy groups -OCH3 is 6. The highest BCUT2D eigenvalue weighted by Gasteiger charge is 2.28. The second-order valence-corrected chi connectivity index (χ2v) is 29.4. The van der Waals surface area contributed by atoms with E-state index in [-0.39, 0.29) is 17.6 Å². The molecular weight excluding hydrogens is 1400 g/mol. The van der Waals surface area contributed by atoms with Gasteiger partial charge in [-0.3, -0.25) is 0 Å². The van der Waals surface area contributed by atoms with Crippen molar-refractivity contribution in [1.29, 1.82) is 0 Å². The highest BCUT2D eigenvalue weighted by atomic mass is 16.7. The van der Waals surface area contributed by atoms with Crippen molar-refractivity contribution in [2.75, 3.05) is 168 Å². The molecule has 16 rings (SSSR count). The van der Waals surface area contributed by atoms with Crippen LogP contribution >= 0.6 is 0 Å². The van der Waals surface area contributed by atoms with Crippen LogP contribution in [0.25, 0.3) is 32.6 Å². The molecule has 0 amide bonds. The highest BCUT2D eigenvalue weighted by molar-refractivity contribution is 5.95. The van der Waals surface area contributed by atoms with Crippen molar-refractivity contribution in [2.45, 2.75) is 65.3 Å². The Morgan fingerprint density at radius 3 is 1.22 bits per heavy atom. The van der Waals surface area contributed by atoms with Crippen LogP contribution in [0.2, 0.25) is 0 Å². The number of piperazine rings is 3. The average Bonchev–Trinajstić information content (AvgIpc) is 1.25. The second-order valence-electron chi connectivity index (χ2n) is 29.4. The van der Waals surface area contributed by atoms with Gasteiger partial charge in [0.1, 0.15) is 30.1 Å². The number of nitrogens with zero attached hydrogens (tertiary/aromatic N) is 17. The zero-order valence-electron chi connectivity index (χ0n) is 65.1. The first kappa shape index (κ1) is 75.3. The fraction of sp³-hybridized carbons (Fsp3) is 0.345. The molecule has 27 nitrogen and oxygen atoms in total. The molecule has 2 N–H and O–H groups in total. The molecule has 10 heterocycles. The fourth-order valence-corrected chi connectivity index (χ4v) is 13.9. The maximum absolute atomic E-state index is 5.52. The number of anilines is 9. The molecule has 0 bridgehead atoms. The lowest BCUT2D eigenvalue weighted by Gasteiger charge is -2.35. The number of hydrogen-bond donors (Lipinski definition) is 2. The Morgan fingerprint density at radius 2 is 0.748 bits per heavy atom. The summed E-state index contributed by atoms with van der Waals surface area (Å²) in [5, 5.41) is 10.8. The van der Waals surface area contributed by atoms with Gasteiger partial charge in [0.15, 0.2) is 46.0 Å². The van der Waals surface area contributed by atoms with Gasteiger partial charge in [-0.25, -0.2) is 54.8 Å². The third kappa shape index (κ3) is 17.5. The molecule has 0 spiro atoms. The van der Waals surface area contributed by atoms with Crippen LogP contribution in [-0.4, -0.2) is 183 Å². The fourth-order valence-electron chi connectivity index (χ4n) is 13.9. The quantitative estimate of drug-likeness (QED) is 0.0762. The highest BCUT2D eigenvalue weighted by Crippen LogP contribution is 2.40. The van der Waals surface area contributed by atoms with Crippen molar-refractivity contribution >= 4 is 84.9 Å². The van der Waals surface area contributed by atoms with Crippen molar-refractivity contribution in [1.82, 2.24) is 54.8 Å². The predicted molar refractivity (Wildman–Crippen MR) is 436 cm³/mol. The number of benzene rings is 6. The molecule has 574 valence electrons. The molecule has 12 aromatic rings. The van der Waals surface area contributed by atoms with E-state index in [0.717, 1.165) is 193 Å². The molecule has 0 unspecified atom stereocenters. The van der Waals surface area contributed by atoms with Crippen LogP contribution in [0, 0.1) is 0 Å². The molecule has 6 aromatic carbocycles. The van der Waals surface area contributed by atoms with Crippen LogP contribution < -0.4 is 77.9 Å². The SMILES string of the molecule is COc1cc2ccnc(N3CCN(c4ncc(NCc5ccc6c(c5)OCO6)cn4)CC3)c2cc1OC.COc1cc2ncnc(N3CCN(c4ncc(Cc5ccc(C(C)(C)C)cc5)cn4)CC3)c2cc1OC.COc1cc2ncnc(N3CCN(c4ncc(Nc5ccc(C(C)(C)C)cc5)cn4)CC3)c2cc1OC. The minimum atomic E-state index is 0.133. The summed E-state index contributed by atoms with van der Waals surface area (Å²) in [6.45, 7) is 23.9. The summed E-state index contributed by atoms with van der Waals surface area (Å²) in [6, 6.07) is 37.0. The first-order chi connectivity index (χ1) is 53.9. The Kier molecular flexibility index (Phi) is 22.7. The molecule has 3 saturated heterocycles. The molecule has 0 radical (unpaired) electrons. The summed E-state index contributed by atoms with van der Waals surface area (Å²) in [5.41, 5.74) is 10.8. The van der Waals surface area contributed by atoms with Crippen LogP contribution in [0.3, 0.4) is 0 Å². The van der Waals surface area contributed by atoms with Crippen molar-refractivity contribution in [3.63, 3.8) is 0 Å². The maximum Gasteiger partial charge on any atom is 0.231 e. The molecular formula is C84H95N19O8. The van der Waals surface area contributed by atoms with Gasteiger partial charge >= 0.3 is 0 Å². The number of nitrogens with one attached hydrogen (secondary N) is 2. The van der Waals surface area contributed by atoms with E-state index in [9.17, 15) is 0 Å². The third-order valence-corrected chi connectivity index (χ3v) is 20.2. The van der Waals surface area contributed by atoms with Crippen molar-refractivity contribution in [3.8, 4) is 46.0 Å². The Balaban J connectivity index is 0.000000139. The number of ether oxygens (including phenoxy) is 8. The van der Waals surface area contributed by atoms with Crippen molar-refractivity contribution < 1.29 is 37.9 Å². The number of fused-ring (bicyclic) bond motifs is 4. The third-order valence-electron chi connectivity index (χ3n) is 20.2. The van der Waals surface area contributed by atoms with Crippen LogP contribution in [0.15, 0.2) is 165 Å². The summed E-state index contributed by atoms with van der Waals surface area (Å²) in [4.78, 5) is 64.0. The lowest BCUT2D eigenvalue weighted by Crippen LogP contribution is -2.47. The molecule has 0 saturated carbocycles. The van der Waals surface area contributed by atoms with Gasteiger partial charge in [0.25, 0.3) is 0 Å². The number of pyridine rings is 1. The van der Waals surface area contributed by atoms with Gasteiger partial charge in [-0.05, 0) is 98.6 Å². The molecule has 4 aliphatic rings. The number of aromatic nitrogens is 11. The Hall–Kier alpha value is -12.6. The zero-order chi connectivity index (χ0) is 77.2. The van der Waals surface area contributed by atoms with E-state index in [1.807, 2.05) is 104 Å². The van der Waals surface area contributed by atoms with Crippen LogP contribution in [0.4, 0.5) is 52.4 Å². The summed E-state index contributed by atoms with van der Waals surface area (Å²) in [5.74, 6) is 10.6. The number of hydrogen-bond acceptors (Lipinski definition) is 27. The van der Waals surface area contributed by atoms with Gasteiger partial charge < -0.3 is 77.9 Å². The minimum Gasteiger partial charge on any atom is -0.493 e. The number of rotatable bonds is 19. The van der Waals surface area contributed by atoms with Crippen LogP contribution in [0.1, 0.15) is 69.4 Å². The maximum atomic E-state index is 5.52. The molecule has 111 heavy (non-hydrogen) atoms. The second kappa shape index (κ2) is 33.5. The molecule has 3 fully saturated rings. The van der Waals surface area contributed by atoms with E-state index < -0.39 is 0 Å². The largest absolute Gasteiger partial charge is 0.493 e. The van der Waals surface area contributed by atoms with Gasteiger partial charge in [-0.15, -0.1) is 0 Å². The van der Waals surface area contributed by atoms with E-state index in [1.165, 1.54) is 16.7 Å². The summed E-state index contributed by atoms with van der Waals surface area (Å²) < 4.78 is 43.7. The van der Waals surface area contributed by atoms with Crippen molar-refractivity contribution in [2.24, 2.45) is 0 Å². The lowest BCUT2D eigenvalue weighted by atomic mass is 9.86. The van der Waals surface area contributed by atoms with Crippen LogP contribution in [-0.2, 0) is 23.8 Å². The average molecular weight is 1500 g/mol. The Morgan fingerprint density at radius 1 is 0.351 bits per heavy atom. The Labute approximate surface area is 646 Å². The zero-order valence-corrected chi connectivity index (χ0v) is 65.1. The van der Waals surface area contributed by atoms with E-state index >= 15 is 0 Å². The topological polar surface area (TPSA) is 259 Å². The van der Waals surface area contributed by atoms with Crippen LogP contribution in [0.5, 0.6) is 46.0 Å². The monoisotopic (exact) mass is 1500 g/mol. The molecule has 27 heteroatoms. The summed E-state index contributed by atoms with van der Waals surface area (Å²) in [7, 11) is 9.82. The van der Waals surface area contributed by atoms with Crippen molar-refractivity contribution in [3.05, 3.63) is 193 Å². The van der Waals surface area contributed by atoms with Gasteiger partial charge in [-0.2, -0.15) is 0 Å². The first-order valence-corrected chi connectivity index (χ1v) is 37.2. The van der Waals surface area contributed by atoms with E-state index in [0.29, 0.717) is 41.0 Å². The molecule has 6 aromatic heterocycles. The smallest absolute Gasteiger partial charge is 0.231 e. The minimum absolute atomic E-state index is 0.133. The summed E-state index contributed by atoms with van der Waals surface area (Å²) >= 11 is 0. The van der Waals surface area contributed by atoms with Gasteiger partial charge in [0.2, 0.25) is 24.6 Å². The van der Waals surface area contributed by atoms with E-state index in [4.69, 9.17) is 42.9 Å².